The maximum absolute atomic E-state index is 13.3. The topological polar surface area (TPSA) is 40.6 Å². The van der Waals surface area contributed by atoms with E-state index in [1.807, 2.05) is 11.8 Å². The number of alkyl halides is 1. The van der Waals surface area contributed by atoms with E-state index < -0.39 is 5.38 Å². The highest BCUT2D eigenvalue weighted by atomic mass is 35.5. The van der Waals surface area contributed by atoms with Crippen molar-refractivity contribution in [1.29, 1.82) is 0 Å². The van der Waals surface area contributed by atoms with Gasteiger partial charge in [0.1, 0.15) is 5.38 Å². The van der Waals surface area contributed by atoms with Gasteiger partial charge in [-0.15, -0.1) is 22.9 Å². The van der Waals surface area contributed by atoms with Crippen LogP contribution in [-0.4, -0.2) is 46.6 Å². The van der Waals surface area contributed by atoms with Crippen LogP contribution in [0.15, 0.2) is 35.7 Å². The molecule has 0 spiro atoms. The van der Waals surface area contributed by atoms with E-state index in [4.69, 9.17) is 11.6 Å². The summed E-state index contributed by atoms with van der Waals surface area (Å²) in [5.41, 5.74) is 3.50. The first-order valence-electron chi connectivity index (χ1n) is 9.77. The molecule has 0 saturated carbocycles. The fourth-order valence-electron chi connectivity index (χ4n) is 3.74. The van der Waals surface area contributed by atoms with Crippen molar-refractivity contribution in [1.82, 2.24) is 9.80 Å². The monoisotopic (exact) mass is 418 g/mol. The normalized spacial score (nSPS) is 17.1. The van der Waals surface area contributed by atoms with Gasteiger partial charge in [-0.25, -0.2) is 0 Å². The van der Waals surface area contributed by atoms with Gasteiger partial charge in [-0.2, -0.15) is 0 Å². The van der Waals surface area contributed by atoms with Crippen molar-refractivity contribution in [3.63, 3.8) is 0 Å². The Labute approximate surface area is 176 Å². The summed E-state index contributed by atoms with van der Waals surface area (Å²) >= 11 is 7.76. The lowest BCUT2D eigenvalue weighted by Gasteiger charge is -2.37. The van der Waals surface area contributed by atoms with Crippen molar-refractivity contribution in [3.05, 3.63) is 57.3 Å². The number of benzene rings is 1. The summed E-state index contributed by atoms with van der Waals surface area (Å²) in [6.07, 6.45) is 1.65. The predicted molar refractivity (Wildman–Crippen MR) is 115 cm³/mol. The Kier molecular flexibility index (Phi) is 6.78. The molecule has 1 aliphatic heterocycles. The Morgan fingerprint density at radius 1 is 1.29 bits per heavy atom. The molecule has 28 heavy (non-hydrogen) atoms. The van der Waals surface area contributed by atoms with E-state index in [1.54, 1.807) is 23.2 Å². The van der Waals surface area contributed by atoms with E-state index in [9.17, 15) is 9.59 Å². The van der Waals surface area contributed by atoms with Gasteiger partial charge in [-0.3, -0.25) is 9.59 Å². The molecule has 1 aromatic heterocycles. The number of rotatable bonds is 6. The maximum atomic E-state index is 13.3. The van der Waals surface area contributed by atoms with Crippen LogP contribution < -0.4 is 0 Å². The van der Waals surface area contributed by atoms with Crippen molar-refractivity contribution in [2.75, 3.05) is 19.6 Å². The molecule has 0 saturated heterocycles. The van der Waals surface area contributed by atoms with Crippen LogP contribution in [0.5, 0.6) is 0 Å². The van der Waals surface area contributed by atoms with Crippen LogP contribution in [0.3, 0.4) is 0 Å². The second-order valence-electron chi connectivity index (χ2n) is 7.33. The van der Waals surface area contributed by atoms with Gasteiger partial charge in [0.2, 0.25) is 11.8 Å². The number of amides is 2. The summed E-state index contributed by atoms with van der Waals surface area (Å²) in [7, 11) is 0. The summed E-state index contributed by atoms with van der Waals surface area (Å²) < 4.78 is 0. The second kappa shape index (κ2) is 9.10. The van der Waals surface area contributed by atoms with Crippen molar-refractivity contribution in [3.8, 4) is 0 Å². The number of hydrogen-bond acceptors (Lipinski definition) is 3. The number of carbonyl (C=O) groups excluding carboxylic acids is 2. The average molecular weight is 419 g/mol. The van der Waals surface area contributed by atoms with Crippen molar-refractivity contribution < 1.29 is 9.59 Å². The van der Waals surface area contributed by atoms with Crippen LogP contribution in [0.4, 0.5) is 0 Å². The summed E-state index contributed by atoms with van der Waals surface area (Å²) in [5.74, 6) is -0.210. The van der Waals surface area contributed by atoms with Crippen LogP contribution in [-0.2, 0) is 16.0 Å². The van der Waals surface area contributed by atoms with Crippen LogP contribution in [0.25, 0.3) is 0 Å². The van der Waals surface area contributed by atoms with Gasteiger partial charge in [0, 0.05) is 18.0 Å². The number of hydrogen-bond donors (Lipinski definition) is 0. The third-order valence-corrected chi connectivity index (χ3v) is 6.33. The van der Waals surface area contributed by atoms with Gasteiger partial charge in [0.05, 0.1) is 12.6 Å². The molecular formula is C22H27ClN2O2S. The third-order valence-electron chi connectivity index (χ3n) is 5.15. The third kappa shape index (κ3) is 4.41. The van der Waals surface area contributed by atoms with Gasteiger partial charge in [-0.1, -0.05) is 36.8 Å². The minimum atomic E-state index is -0.628. The summed E-state index contributed by atoms with van der Waals surface area (Å²) in [5, 5.41) is 1.47. The first-order valence-corrected chi connectivity index (χ1v) is 11.1. The minimum Gasteiger partial charge on any atom is -0.332 e. The van der Waals surface area contributed by atoms with E-state index in [2.05, 4.69) is 42.6 Å². The van der Waals surface area contributed by atoms with Gasteiger partial charge < -0.3 is 9.80 Å². The molecule has 0 radical (unpaired) electrons. The largest absolute Gasteiger partial charge is 0.332 e. The van der Waals surface area contributed by atoms with E-state index in [0.717, 1.165) is 18.4 Å². The average Bonchev–Trinajstić information content (AvgIpc) is 3.15. The molecule has 2 amide bonds. The quantitative estimate of drug-likeness (QED) is 0.652. The van der Waals surface area contributed by atoms with Gasteiger partial charge in [0.15, 0.2) is 0 Å². The Morgan fingerprint density at radius 3 is 2.64 bits per heavy atom. The summed E-state index contributed by atoms with van der Waals surface area (Å²) in [4.78, 5) is 30.6. The molecule has 6 heteroatoms. The molecule has 0 aliphatic carbocycles. The molecule has 0 fully saturated rings. The van der Waals surface area contributed by atoms with Crippen molar-refractivity contribution >= 4 is 34.8 Å². The van der Waals surface area contributed by atoms with Gasteiger partial charge in [0.25, 0.3) is 0 Å². The molecule has 2 aromatic rings. The molecule has 4 nitrogen and oxygen atoms in total. The smallest absolute Gasteiger partial charge is 0.242 e. The fourth-order valence-corrected chi connectivity index (χ4v) is 4.78. The molecule has 0 N–H and O–H groups in total. The zero-order valence-electron chi connectivity index (χ0n) is 16.7. The van der Waals surface area contributed by atoms with Crippen molar-refractivity contribution in [2.45, 2.75) is 45.0 Å². The number of nitrogens with zero attached hydrogens (tertiary/aromatic N) is 2. The number of fused-ring (bicyclic) bond motifs is 1. The van der Waals surface area contributed by atoms with Crippen LogP contribution in [0.1, 0.15) is 47.9 Å². The van der Waals surface area contributed by atoms with Gasteiger partial charge >= 0.3 is 0 Å². The number of halogens is 1. The summed E-state index contributed by atoms with van der Waals surface area (Å²) in [6.45, 7) is 6.99. The van der Waals surface area contributed by atoms with E-state index in [1.165, 1.54) is 16.0 Å². The molecule has 2 heterocycles. The van der Waals surface area contributed by atoms with Crippen LogP contribution in [0, 0.1) is 6.92 Å². The predicted octanol–water partition coefficient (Wildman–Crippen LogP) is 4.40. The van der Waals surface area contributed by atoms with E-state index >= 15 is 0 Å². The lowest BCUT2D eigenvalue weighted by Crippen LogP contribution is -2.48. The highest BCUT2D eigenvalue weighted by Gasteiger charge is 2.34. The molecule has 0 unspecified atom stereocenters. The van der Waals surface area contributed by atoms with Crippen LogP contribution >= 0.6 is 22.9 Å². The Hall–Kier alpha value is -1.85. The van der Waals surface area contributed by atoms with E-state index in [-0.39, 0.29) is 24.4 Å². The minimum absolute atomic E-state index is 0.0264. The summed E-state index contributed by atoms with van der Waals surface area (Å²) in [6, 6.07) is 10.4. The standard InChI is InChI=1S/C22H27ClN2O2S/c1-4-11-24(22(27)16(3)23)14-20(26)25-12-9-19-18(10-13-28-19)21(25)17-7-5-15(2)6-8-17/h5-8,10,13,16,21H,4,9,11-12,14H2,1-3H3/t16-,21+/m1/s1. The highest BCUT2D eigenvalue weighted by molar-refractivity contribution is 7.10. The molecule has 150 valence electrons. The molecule has 1 aromatic carbocycles. The zero-order chi connectivity index (χ0) is 20.3. The molecule has 1 aliphatic rings. The molecule has 2 atom stereocenters. The van der Waals surface area contributed by atoms with E-state index in [0.29, 0.717) is 13.1 Å². The SMILES string of the molecule is CCCN(CC(=O)N1CCc2sccc2[C@@H]1c1ccc(C)cc1)C(=O)[C@@H](C)Cl. The van der Waals surface area contributed by atoms with Gasteiger partial charge in [-0.05, 0) is 49.3 Å². The lowest BCUT2D eigenvalue weighted by atomic mass is 9.92. The second-order valence-corrected chi connectivity index (χ2v) is 8.98. The van der Waals surface area contributed by atoms with Crippen LogP contribution in [0.2, 0.25) is 0 Å². The number of carbonyl (C=O) groups is 2. The Balaban J connectivity index is 1.89. The first-order chi connectivity index (χ1) is 13.4. The number of aryl methyl sites for hydroxylation is 1. The highest BCUT2D eigenvalue weighted by Crippen LogP contribution is 2.38. The molecule has 0 bridgehead atoms. The fraction of sp³-hybridized carbons (Fsp3) is 0.455. The molecule has 3 rings (SSSR count). The maximum Gasteiger partial charge on any atom is 0.242 e. The Bertz CT molecular complexity index is 831. The first kappa shape index (κ1) is 20.9. The number of thiophene rings is 1. The molecular weight excluding hydrogens is 392 g/mol. The lowest BCUT2D eigenvalue weighted by molar-refractivity contribution is -0.141. The Morgan fingerprint density at radius 2 is 2.00 bits per heavy atom. The van der Waals surface area contributed by atoms with Crippen molar-refractivity contribution in [2.24, 2.45) is 0 Å². The zero-order valence-corrected chi connectivity index (χ0v) is 18.2.